The molecule has 0 unspecified atom stereocenters. The molecule has 1 saturated carbocycles. The van der Waals surface area contributed by atoms with E-state index in [1.807, 2.05) is 10.7 Å². The van der Waals surface area contributed by atoms with Gasteiger partial charge in [-0.2, -0.15) is 0 Å². The van der Waals surface area contributed by atoms with Crippen LogP contribution in [0.4, 0.5) is 5.69 Å². The highest BCUT2D eigenvalue weighted by Gasteiger charge is 2.28. The standard InChI is InChI=1S/C11H12N6OS/c12-9-4-3-7(5-8(9)10(13)18)19-11-14-15-16-17(11)6-1-2-6/h3-6H,1-2,12H2,(H2,13,18). The van der Waals surface area contributed by atoms with Gasteiger partial charge in [0.2, 0.25) is 5.16 Å². The summed E-state index contributed by atoms with van der Waals surface area (Å²) >= 11 is 1.39. The van der Waals surface area contributed by atoms with Gasteiger partial charge in [0.1, 0.15) is 0 Å². The zero-order valence-electron chi connectivity index (χ0n) is 9.98. The maximum absolute atomic E-state index is 11.2. The zero-order valence-corrected chi connectivity index (χ0v) is 10.8. The number of nitrogens with two attached hydrogens (primary N) is 2. The van der Waals surface area contributed by atoms with E-state index in [0.29, 0.717) is 22.4 Å². The topological polar surface area (TPSA) is 113 Å². The van der Waals surface area contributed by atoms with E-state index in [1.54, 1.807) is 12.1 Å². The molecule has 0 aliphatic heterocycles. The van der Waals surface area contributed by atoms with Crippen molar-refractivity contribution in [2.75, 3.05) is 5.73 Å². The lowest BCUT2D eigenvalue weighted by molar-refractivity contribution is 0.100. The SMILES string of the molecule is NC(=O)c1cc(Sc2nnnn2C2CC2)ccc1N. The number of nitrogens with zero attached hydrogens (tertiary/aromatic N) is 4. The minimum absolute atomic E-state index is 0.315. The number of hydrogen-bond acceptors (Lipinski definition) is 6. The molecular formula is C11H12N6OS. The molecule has 7 nitrogen and oxygen atoms in total. The van der Waals surface area contributed by atoms with Crippen molar-refractivity contribution in [2.45, 2.75) is 28.9 Å². The fourth-order valence-corrected chi connectivity index (χ4v) is 2.60. The van der Waals surface area contributed by atoms with Crippen molar-refractivity contribution >= 4 is 23.4 Å². The fraction of sp³-hybridized carbons (Fsp3) is 0.273. The van der Waals surface area contributed by atoms with Gasteiger partial charge >= 0.3 is 0 Å². The Hall–Kier alpha value is -2.09. The Morgan fingerprint density at radius 2 is 2.21 bits per heavy atom. The molecule has 0 atom stereocenters. The second kappa shape index (κ2) is 4.54. The maximum atomic E-state index is 11.2. The van der Waals surface area contributed by atoms with Gasteiger partial charge in [0, 0.05) is 10.6 Å². The van der Waals surface area contributed by atoms with E-state index in [-0.39, 0.29) is 0 Å². The summed E-state index contributed by atoms with van der Waals surface area (Å²) in [6.07, 6.45) is 2.21. The Labute approximate surface area is 113 Å². The lowest BCUT2D eigenvalue weighted by Crippen LogP contribution is -2.13. The Bertz CT molecular complexity index is 636. The van der Waals surface area contributed by atoms with Gasteiger partial charge in [-0.15, -0.1) is 5.10 Å². The van der Waals surface area contributed by atoms with Crippen LogP contribution in [-0.4, -0.2) is 26.1 Å². The van der Waals surface area contributed by atoms with Crippen molar-refractivity contribution < 1.29 is 4.79 Å². The van der Waals surface area contributed by atoms with Gasteiger partial charge in [0.05, 0.1) is 11.6 Å². The first kappa shape index (κ1) is 12.0. The predicted octanol–water partition coefficient (Wildman–Crippen LogP) is 0.840. The summed E-state index contributed by atoms with van der Waals surface area (Å²) in [5.41, 5.74) is 11.7. The summed E-state index contributed by atoms with van der Waals surface area (Å²) < 4.78 is 1.81. The number of rotatable bonds is 4. The molecule has 1 aliphatic carbocycles. The number of amides is 1. The molecule has 4 N–H and O–H groups in total. The van der Waals surface area contributed by atoms with Crippen LogP contribution in [0.2, 0.25) is 0 Å². The third-order valence-corrected chi connectivity index (χ3v) is 3.80. The molecule has 1 fully saturated rings. The molecule has 2 aromatic rings. The molecule has 1 aromatic heterocycles. The molecule has 98 valence electrons. The molecule has 0 saturated heterocycles. The predicted molar refractivity (Wildman–Crippen MR) is 69.6 cm³/mol. The number of carbonyl (C=O) groups excluding carboxylic acids is 1. The fourth-order valence-electron chi connectivity index (χ4n) is 1.72. The van der Waals surface area contributed by atoms with Crippen LogP contribution in [0.1, 0.15) is 29.2 Å². The van der Waals surface area contributed by atoms with E-state index in [0.717, 1.165) is 17.7 Å². The highest BCUT2D eigenvalue weighted by atomic mass is 32.2. The van der Waals surface area contributed by atoms with Crippen LogP contribution in [0.5, 0.6) is 0 Å². The molecule has 1 aromatic carbocycles. The number of hydrogen-bond donors (Lipinski definition) is 2. The Morgan fingerprint density at radius 3 is 2.89 bits per heavy atom. The summed E-state index contributed by atoms with van der Waals surface area (Å²) in [4.78, 5) is 12.1. The van der Waals surface area contributed by atoms with E-state index in [1.165, 1.54) is 11.8 Å². The monoisotopic (exact) mass is 276 g/mol. The maximum Gasteiger partial charge on any atom is 0.250 e. The molecular weight excluding hydrogens is 264 g/mol. The van der Waals surface area contributed by atoms with Crippen LogP contribution in [-0.2, 0) is 0 Å². The highest BCUT2D eigenvalue weighted by Crippen LogP contribution is 2.38. The van der Waals surface area contributed by atoms with Crippen LogP contribution < -0.4 is 11.5 Å². The van der Waals surface area contributed by atoms with Gasteiger partial charge < -0.3 is 11.5 Å². The van der Waals surface area contributed by atoms with Gasteiger partial charge in [0.15, 0.2) is 0 Å². The first-order chi connectivity index (χ1) is 9.15. The van der Waals surface area contributed by atoms with Gasteiger partial charge in [-0.3, -0.25) is 4.79 Å². The average molecular weight is 276 g/mol. The number of tetrazole rings is 1. The Balaban J connectivity index is 1.88. The number of benzene rings is 1. The van der Waals surface area contributed by atoms with Crippen molar-refractivity contribution in [1.82, 2.24) is 20.2 Å². The smallest absolute Gasteiger partial charge is 0.250 e. The van der Waals surface area contributed by atoms with Gasteiger partial charge in [-0.25, -0.2) is 4.68 Å². The molecule has 3 rings (SSSR count). The third kappa shape index (κ3) is 2.39. The highest BCUT2D eigenvalue weighted by molar-refractivity contribution is 7.99. The van der Waals surface area contributed by atoms with Crippen molar-refractivity contribution in [1.29, 1.82) is 0 Å². The summed E-state index contributed by atoms with van der Waals surface area (Å²) in [7, 11) is 0. The number of nitrogen functional groups attached to an aromatic ring is 1. The second-order valence-corrected chi connectivity index (χ2v) is 5.39. The molecule has 0 spiro atoms. The lowest BCUT2D eigenvalue weighted by Gasteiger charge is -2.05. The molecule has 19 heavy (non-hydrogen) atoms. The second-order valence-electron chi connectivity index (χ2n) is 4.35. The molecule has 1 heterocycles. The van der Waals surface area contributed by atoms with Gasteiger partial charge in [0.25, 0.3) is 5.91 Å². The summed E-state index contributed by atoms with van der Waals surface area (Å²) in [6.45, 7) is 0. The number of anilines is 1. The average Bonchev–Trinajstić information content (AvgIpc) is 3.12. The van der Waals surface area contributed by atoms with E-state index < -0.39 is 5.91 Å². The van der Waals surface area contributed by atoms with Crippen LogP contribution in [0.15, 0.2) is 28.3 Å². The molecule has 0 bridgehead atoms. The van der Waals surface area contributed by atoms with Gasteiger partial charge in [-0.1, -0.05) is 0 Å². The van der Waals surface area contributed by atoms with Gasteiger partial charge in [-0.05, 0) is 53.2 Å². The minimum Gasteiger partial charge on any atom is -0.398 e. The number of primary amides is 1. The van der Waals surface area contributed by atoms with Crippen LogP contribution in [0, 0.1) is 0 Å². The number of carbonyl (C=O) groups is 1. The normalized spacial score (nSPS) is 14.5. The quantitative estimate of drug-likeness (QED) is 0.800. The lowest BCUT2D eigenvalue weighted by atomic mass is 10.2. The van der Waals surface area contributed by atoms with E-state index in [9.17, 15) is 4.79 Å². The molecule has 1 amide bonds. The van der Waals surface area contributed by atoms with E-state index in [4.69, 9.17) is 11.5 Å². The third-order valence-electron chi connectivity index (χ3n) is 2.85. The van der Waals surface area contributed by atoms with E-state index >= 15 is 0 Å². The van der Waals surface area contributed by atoms with Crippen LogP contribution >= 0.6 is 11.8 Å². The van der Waals surface area contributed by atoms with Crippen LogP contribution in [0.25, 0.3) is 0 Å². The summed E-state index contributed by atoms with van der Waals surface area (Å²) in [6, 6.07) is 5.54. The Morgan fingerprint density at radius 1 is 1.42 bits per heavy atom. The largest absolute Gasteiger partial charge is 0.398 e. The minimum atomic E-state index is -0.540. The first-order valence-corrected chi connectivity index (χ1v) is 6.62. The summed E-state index contributed by atoms with van der Waals surface area (Å²) in [5.74, 6) is -0.540. The van der Waals surface area contributed by atoms with E-state index in [2.05, 4.69) is 15.5 Å². The zero-order chi connectivity index (χ0) is 13.4. The number of aromatic nitrogens is 4. The molecule has 0 radical (unpaired) electrons. The summed E-state index contributed by atoms with van der Waals surface area (Å²) in [5, 5.41) is 12.3. The van der Waals surface area contributed by atoms with Crippen molar-refractivity contribution in [3.05, 3.63) is 23.8 Å². The van der Waals surface area contributed by atoms with Crippen molar-refractivity contribution in [3.8, 4) is 0 Å². The molecule has 1 aliphatic rings. The van der Waals surface area contributed by atoms with Crippen LogP contribution in [0.3, 0.4) is 0 Å². The molecule has 8 heteroatoms. The first-order valence-electron chi connectivity index (χ1n) is 5.80. The Kier molecular flexibility index (Phi) is 2.86. The van der Waals surface area contributed by atoms with Crippen molar-refractivity contribution in [3.63, 3.8) is 0 Å². The van der Waals surface area contributed by atoms with Crippen molar-refractivity contribution in [2.24, 2.45) is 5.73 Å².